The molecule has 0 spiro atoms. The van der Waals surface area contributed by atoms with Crippen LogP contribution >= 0.6 is 0 Å². The average Bonchev–Trinajstić information content (AvgIpc) is 2.29. The highest BCUT2D eigenvalue weighted by atomic mass is 16.6. The third kappa shape index (κ3) is 6.12. The minimum Gasteiger partial charge on any atom is -0.444 e. The van der Waals surface area contributed by atoms with E-state index in [1.807, 2.05) is 6.92 Å². The second-order valence-electron chi connectivity index (χ2n) is 5.63. The largest absolute Gasteiger partial charge is 0.444 e. The molecule has 0 aromatic heterocycles. The fourth-order valence-corrected chi connectivity index (χ4v) is 1.56. The molecule has 0 bridgehead atoms. The summed E-state index contributed by atoms with van der Waals surface area (Å²) in [4.78, 5) is 19.4. The first-order valence-corrected chi connectivity index (χ1v) is 6.61. The van der Waals surface area contributed by atoms with Crippen LogP contribution in [0.1, 0.15) is 26.3 Å². The van der Waals surface area contributed by atoms with E-state index in [0.29, 0.717) is 11.4 Å². The number of anilines is 1. The van der Waals surface area contributed by atoms with Gasteiger partial charge in [-0.3, -0.25) is 5.32 Å². The highest BCUT2D eigenvalue weighted by Gasteiger charge is 2.16. The summed E-state index contributed by atoms with van der Waals surface area (Å²) in [7, 11) is 0. The second kappa shape index (κ2) is 6.79. The van der Waals surface area contributed by atoms with E-state index in [-0.39, 0.29) is 11.9 Å². The van der Waals surface area contributed by atoms with Crippen LogP contribution in [0, 0.1) is 6.92 Å². The minimum absolute atomic E-state index is 0.0488. The van der Waals surface area contributed by atoms with E-state index in [1.54, 1.807) is 39.0 Å². The van der Waals surface area contributed by atoms with Crippen LogP contribution in [0.25, 0.3) is 0 Å². The Labute approximate surface area is 129 Å². The third-order valence-corrected chi connectivity index (χ3v) is 2.33. The fourth-order valence-electron chi connectivity index (χ4n) is 1.56. The molecule has 0 saturated heterocycles. The van der Waals surface area contributed by atoms with Crippen molar-refractivity contribution in [1.82, 2.24) is 0 Å². The Kier molecular flexibility index (Phi) is 5.33. The molecule has 8 nitrogen and oxygen atoms in total. The number of nitrogens with two attached hydrogens (primary N) is 3. The van der Waals surface area contributed by atoms with Gasteiger partial charge in [0.1, 0.15) is 5.60 Å². The molecule has 0 saturated carbocycles. The van der Waals surface area contributed by atoms with Gasteiger partial charge in [-0.1, -0.05) is 0 Å². The number of carbonyl (C=O) groups excluding carboxylic acids is 1. The number of benzene rings is 1. The molecule has 22 heavy (non-hydrogen) atoms. The van der Waals surface area contributed by atoms with Crippen LogP contribution in [-0.2, 0) is 4.74 Å². The van der Waals surface area contributed by atoms with Gasteiger partial charge in [0, 0.05) is 5.69 Å². The summed E-state index contributed by atoms with van der Waals surface area (Å²) in [5.74, 6) is -0.214. The lowest BCUT2D eigenvalue weighted by Crippen LogP contribution is -2.27. The van der Waals surface area contributed by atoms with Crippen molar-refractivity contribution in [3.63, 3.8) is 0 Å². The van der Waals surface area contributed by atoms with Crippen molar-refractivity contribution < 1.29 is 9.53 Å². The Morgan fingerprint density at radius 1 is 1.23 bits per heavy atom. The first kappa shape index (κ1) is 17.3. The smallest absolute Gasteiger partial charge is 0.412 e. The molecule has 1 amide bonds. The van der Waals surface area contributed by atoms with Crippen LogP contribution in [0.5, 0.6) is 0 Å². The van der Waals surface area contributed by atoms with Crippen molar-refractivity contribution >= 4 is 29.4 Å². The van der Waals surface area contributed by atoms with E-state index in [2.05, 4.69) is 15.3 Å². The van der Waals surface area contributed by atoms with E-state index in [4.69, 9.17) is 21.9 Å². The van der Waals surface area contributed by atoms with Gasteiger partial charge in [0.15, 0.2) is 5.96 Å². The lowest BCUT2D eigenvalue weighted by molar-refractivity contribution is 0.0636. The van der Waals surface area contributed by atoms with E-state index in [9.17, 15) is 4.79 Å². The molecule has 0 heterocycles. The van der Waals surface area contributed by atoms with Gasteiger partial charge in [0.2, 0.25) is 5.96 Å². The molecule has 0 unspecified atom stereocenters. The summed E-state index contributed by atoms with van der Waals surface area (Å²) in [5, 5.41) is 2.67. The summed E-state index contributed by atoms with van der Waals surface area (Å²) >= 11 is 0. The van der Waals surface area contributed by atoms with Gasteiger partial charge in [0.05, 0.1) is 5.69 Å². The van der Waals surface area contributed by atoms with Crippen molar-refractivity contribution in [2.75, 3.05) is 5.32 Å². The molecule has 1 aromatic rings. The molecular weight excluding hydrogens is 284 g/mol. The number of amides is 1. The topological polar surface area (TPSA) is 141 Å². The zero-order valence-corrected chi connectivity index (χ0v) is 13.2. The normalized spacial score (nSPS) is 11.7. The minimum atomic E-state index is -0.559. The van der Waals surface area contributed by atoms with Crippen LogP contribution in [0.15, 0.2) is 28.2 Å². The fraction of sp³-hybridized carbons (Fsp3) is 0.357. The van der Waals surface area contributed by atoms with Gasteiger partial charge in [0.25, 0.3) is 0 Å². The standard InChI is InChI=1S/C14H22N6O2/c1-8-7-9(18-12(17)20-11(15)16)5-6-10(8)19-13(21)22-14(2,3)4/h5-7H,1-4H3,(H,19,21)(H6,15,16,17,18,20). The van der Waals surface area contributed by atoms with Gasteiger partial charge >= 0.3 is 6.09 Å². The number of aryl methyl sites for hydroxylation is 1. The molecule has 7 N–H and O–H groups in total. The monoisotopic (exact) mass is 306 g/mol. The highest BCUT2D eigenvalue weighted by molar-refractivity contribution is 5.93. The average molecular weight is 306 g/mol. The first-order valence-electron chi connectivity index (χ1n) is 6.61. The third-order valence-electron chi connectivity index (χ3n) is 2.33. The second-order valence-corrected chi connectivity index (χ2v) is 5.63. The molecule has 0 aliphatic rings. The van der Waals surface area contributed by atoms with Gasteiger partial charge in [-0.2, -0.15) is 4.99 Å². The van der Waals surface area contributed by atoms with E-state index in [1.165, 1.54) is 0 Å². The lowest BCUT2D eigenvalue weighted by Gasteiger charge is -2.20. The predicted molar refractivity (Wildman–Crippen MR) is 88.1 cm³/mol. The van der Waals surface area contributed by atoms with Crippen LogP contribution in [0.3, 0.4) is 0 Å². The van der Waals surface area contributed by atoms with Crippen LogP contribution < -0.4 is 22.5 Å². The number of nitrogens with one attached hydrogen (secondary N) is 1. The summed E-state index contributed by atoms with van der Waals surface area (Å²) < 4.78 is 5.19. The zero-order chi connectivity index (χ0) is 16.9. The van der Waals surface area contributed by atoms with E-state index >= 15 is 0 Å². The van der Waals surface area contributed by atoms with E-state index in [0.717, 1.165) is 5.56 Å². The molecule has 1 rings (SSSR count). The molecule has 0 atom stereocenters. The summed E-state index contributed by atoms with van der Waals surface area (Å²) in [6.07, 6.45) is -0.521. The first-order chi connectivity index (χ1) is 10.1. The molecule has 120 valence electrons. The molecule has 0 aliphatic carbocycles. The van der Waals surface area contributed by atoms with Crippen molar-refractivity contribution in [1.29, 1.82) is 0 Å². The SMILES string of the molecule is Cc1cc(N=C(N)N=C(N)N)ccc1NC(=O)OC(C)(C)C. The van der Waals surface area contributed by atoms with Crippen LogP contribution in [0.2, 0.25) is 0 Å². The predicted octanol–water partition coefficient (Wildman–Crippen LogP) is 1.56. The summed E-state index contributed by atoms with van der Waals surface area (Å²) in [6, 6.07) is 5.11. The Balaban J connectivity index is 2.87. The number of aliphatic imine (C=N–C) groups is 2. The number of hydrogen-bond acceptors (Lipinski definition) is 3. The zero-order valence-electron chi connectivity index (χ0n) is 13.2. The van der Waals surface area contributed by atoms with Gasteiger partial charge < -0.3 is 21.9 Å². The molecule has 0 aliphatic heterocycles. The lowest BCUT2D eigenvalue weighted by atomic mass is 10.2. The maximum absolute atomic E-state index is 11.7. The number of ether oxygens (including phenoxy) is 1. The van der Waals surface area contributed by atoms with Gasteiger partial charge in [-0.25, -0.2) is 9.79 Å². The Morgan fingerprint density at radius 3 is 2.36 bits per heavy atom. The summed E-state index contributed by atoms with van der Waals surface area (Å²) in [6.45, 7) is 7.21. The number of rotatable bonds is 2. The number of carbonyl (C=O) groups is 1. The molecule has 1 aromatic carbocycles. The quantitative estimate of drug-likeness (QED) is 0.484. The van der Waals surface area contributed by atoms with E-state index < -0.39 is 11.7 Å². The Hall–Kier alpha value is -2.77. The maximum atomic E-state index is 11.7. The summed E-state index contributed by atoms with van der Waals surface area (Å²) in [5.41, 5.74) is 17.4. The number of hydrogen-bond donors (Lipinski definition) is 4. The molecule has 0 fully saturated rings. The number of guanidine groups is 2. The van der Waals surface area contributed by atoms with Crippen LogP contribution in [0.4, 0.5) is 16.2 Å². The Bertz CT molecular complexity index is 612. The van der Waals surface area contributed by atoms with Crippen molar-refractivity contribution in [2.24, 2.45) is 27.2 Å². The van der Waals surface area contributed by atoms with Crippen LogP contribution in [-0.4, -0.2) is 23.6 Å². The van der Waals surface area contributed by atoms with Crippen molar-refractivity contribution in [2.45, 2.75) is 33.3 Å². The van der Waals surface area contributed by atoms with Crippen molar-refractivity contribution in [3.05, 3.63) is 23.8 Å². The molecule has 0 radical (unpaired) electrons. The molecular formula is C14H22N6O2. The van der Waals surface area contributed by atoms with Crippen molar-refractivity contribution in [3.8, 4) is 0 Å². The highest BCUT2D eigenvalue weighted by Crippen LogP contribution is 2.22. The maximum Gasteiger partial charge on any atom is 0.412 e. The molecule has 8 heteroatoms. The Morgan fingerprint density at radius 2 is 1.86 bits per heavy atom. The number of nitrogens with zero attached hydrogens (tertiary/aromatic N) is 2. The van der Waals surface area contributed by atoms with Gasteiger partial charge in [-0.05, 0) is 51.5 Å². The van der Waals surface area contributed by atoms with Gasteiger partial charge in [-0.15, -0.1) is 0 Å².